The Hall–Kier alpha value is -1.29. The van der Waals surface area contributed by atoms with Crippen molar-refractivity contribution in [1.29, 1.82) is 0 Å². The Morgan fingerprint density at radius 1 is 1.44 bits per heavy atom. The zero-order chi connectivity index (χ0) is 11.4. The molecule has 0 aromatic heterocycles. The van der Waals surface area contributed by atoms with E-state index in [9.17, 15) is 4.39 Å². The van der Waals surface area contributed by atoms with E-state index in [1.54, 1.807) is 0 Å². The number of benzene rings is 1. The van der Waals surface area contributed by atoms with E-state index in [0.29, 0.717) is 24.1 Å². The van der Waals surface area contributed by atoms with Crippen LogP contribution in [0, 0.1) is 5.82 Å². The van der Waals surface area contributed by atoms with E-state index < -0.39 is 0 Å². The van der Waals surface area contributed by atoms with Gasteiger partial charge in [0.15, 0.2) is 0 Å². The average Bonchev–Trinajstić information content (AvgIpc) is 2.32. The monoisotopic (exact) mass is 224 g/mol. The van der Waals surface area contributed by atoms with Gasteiger partial charge in [0, 0.05) is 12.1 Å². The standard InChI is InChI=1S/C12H17FN2O/c13-9-4-5-11(14)12(7-9)16-8-10-3-1-2-6-15-10/h4-5,7,10,15H,1-3,6,8,14H2. The van der Waals surface area contributed by atoms with Crippen LogP contribution in [0.1, 0.15) is 19.3 Å². The maximum atomic E-state index is 13.0. The quantitative estimate of drug-likeness (QED) is 0.771. The van der Waals surface area contributed by atoms with Gasteiger partial charge < -0.3 is 15.8 Å². The molecule has 16 heavy (non-hydrogen) atoms. The van der Waals surface area contributed by atoms with Crippen molar-refractivity contribution in [3.05, 3.63) is 24.0 Å². The highest BCUT2D eigenvalue weighted by Crippen LogP contribution is 2.22. The summed E-state index contributed by atoms with van der Waals surface area (Å²) in [7, 11) is 0. The molecule has 0 saturated carbocycles. The van der Waals surface area contributed by atoms with Crippen molar-refractivity contribution in [3.63, 3.8) is 0 Å². The molecule has 1 aromatic rings. The zero-order valence-corrected chi connectivity index (χ0v) is 9.21. The van der Waals surface area contributed by atoms with Gasteiger partial charge in [-0.1, -0.05) is 6.42 Å². The molecule has 0 radical (unpaired) electrons. The van der Waals surface area contributed by atoms with Crippen molar-refractivity contribution in [2.75, 3.05) is 18.9 Å². The van der Waals surface area contributed by atoms with Crippen LogP contribution in [0.15, 0.2) is 18.2 Å². The van der Waals surface area contributed by atoms with Crippen LogP contribution >= 0.6 is 0 Å². The molecule has 3 nitrogen and oxygen atoms in total. The number of nitrogens with two attached hydrogens (primary N) is 1. The van der Waals surface area contributed by atoms with E-state index >= 15 is 0 Å². The van der Waals surface area contributed by atoms with Crippen molar-refractivity contribution in [2.45, 2.75) is 25.3 Å². The van der Waals surface area contributed by atoms with Crippen LogP contribution in [0.5, 0.6) is 5.75 Å². The highest BCUT2D eigenvalue weighted by Gasteiger charge is 2.13. The van der Waals surface area contributed by atoms with E-state index in [2.05, 4.69) is 5.32 Å². The van der Waals surface area contributed by atoms with Crippen molar-refractivity contribution < 1.29 is 9.13 Å². The van der Waals surface area contributed by atoms with Crippen LogP contribution < -0.4 is 15.8 Å². The van der Waals surface area contributed by atoms with E-state index in [4.69, 9.17) is 10.5 Å². The SMILES string of the molecule is Nc1ccc(F)cc1OCC1CCCCN1. The van der Waals surface area contributed by atoms with Gasteiger partial charge in [-0.15, -0.1) is 0 Å². The molecule has 1 heterocycles. The van der Waals surface area contributed by atoms with Gasteiger partial charge in [0.1, 0.15) is 18.2 Å². The molecule has 4 heteroatoms. The Morgan fingerprint density at radius 3 is 3.06 bits per heavy atom. The number of hydrogen-bond donors (Lipinski definition) is 2. The fourth-order valence-electron chi connectivity index (χ4n) is 1.89. The minimum Gasteiger partial charge on any atom is -0.490 e. The van der Waals surface area contributed by atoms with Crippen molar-refractivity contribution in [1.82, 2.24) is 5.32 Å². The number of anilines is 1. The fourth-order valence-corrected chi connectivity index (χ4v) is 1.89. The Kier molecular flexibility index (Phi) is 3.62. The lowest BCUT2D eigenvalue weighted by Crippen LogP contribution is -2.38. The first kappa shape index (κ1) is 11.2. The highest BCUT2D eigenvalue weighted by molar-refractivity contribution is 5.52. The number of rotatable bonds is 3. The highest BCUT2D eigenvalue weighted by atomic mass is 19.1. The average molecular weight is 224 g/mol. The summed E-state index contributed by atoms with van der Waals surface area (Å²) >= 11 is 0. The number of nitrogens with one attached hydrogen (secondary N) is 1. The van der Waals surface area contributed by atoms with Gasteiger partial charge in [0.05, 0.1) is 5.69 Å². The molecule has 0 spiro atoms. The van der Waals surface area contributed by atoms with Gasteiger partial charge in [-0.25, -0.2) is 4.39 Å². The summed E-state index contributed by atoms with van der Waals surface area (Å²) < 4.78 is 18.5. The molecule has 0 amide bonds. The van der Waals surface area contributed by atoms with E-state index in [0.717, 1.165) is 13.0 Å². The Bertz CT molecular complexity index is 351. The fraction of sp³-hybridized carbons (Fsp3) is 0.500. The number of nitrogen functional groups attached to an aromatic ring is 1. The molecule has 2 rings (SSSR count). The summed E-state index contributed by atoms with van der Waals surface area (Å²) in [6.07, 6.45) is 3.55. The van der Waals surface area contributed by atoms with Gasteiger partial charge >= 0.3 is 0 Å². The molecular formula is C12H17FN2O. The molecule has 1 aliphatic heterocycles. The number of hydrogen-bond acceptors (Lipinski definition) is 3. The van der Waals surface area contributed by atoms with Crippen LogP contribution in [-0.2, 0) is 0 Å². The summed E-state index contributed by atoms with van der Waals surface area (Å²) in [4.78, 5) is 0. The largest absolute Gasteiger partial charge is 0.490 e. The molecular weight excluding hydrogens is 207 g/mol. The van der Waals surface area contributed by atoms with Crippen molar-refractivity contribution in [3.8, 4) is 5.75 Å². The first-order valence-corrected chi connectivity index (χ1v) is 5.67. The van der Waals surface area contributed by atoms with Gasteiger partial charge in [0.2, 0.25) is 0 Å². The van der Waals surface area contributed by atoms with Crippen LogP contribution in [0.4, 0.5) is 10.1 Å². The van der Waals surface area contributed by atoms with Gasteiger partial charge in [-0.05, 0) is 31.5 Å². The molecule has 0 aliphatic carbocycles. The Balaban J connectivity index is 1.90. The minimum atomic E-state index is -0.319. The normalized spacial score (nSPS) is 20.7. The minimum absolute atomic E-state index is 0.319. The van der Waals surface area contributed by atoms with Crippen LogP contribution in [0.3, 0.4) is 0 Å². The second-order valence-electron chi connectivity index (χ2n) is 4.14. The lowest BCUT2D eigenvalue weighted by atomic mass is 10.1. The number of piperidine rings is 1. The van der Waals surface area contributed by atoms with E-state index in [1.165, 1.54) is 31.0 Å². The van der Waals surface area contributed by atoms with Crippen LogP contribution in [0.2, 0.25) is 0 Å². The lowest BCUT2D eigenvalue weighted by molar-refractivity contribution is 0.239. The summed E-state index contributed by atoms with van der Waals surface area (Å²) in [5.41, 5.74) is 6.18. The number of halogens is 1. The second kappa shape index (κ2) is 5.16. The summed E-state index contributed by atoms with van der Waals surface area (Å²) in [6, 6.07) is 4.55. The van der Waals surface area contributed by atoms with Gasteiger partial charge in [0.25, 0.3) is 0 Å². The second-order valence-corrected chi connectivity index (χ2v) is 4.14. The van der Waals surface area contributed by atoms with E-state index in [-0.39, 0.29) is 5.82 Å². The predicted octanol–water partition coefficient (Wildman–Crippen LogP) is 1.93. The third-order valence-corrected chi connectivity index (χ3v) is 2.83. The van der Waals surface area contributed by atoms with Crippen molar-refractivity contribution in [2.24, 2.45) is 0 Å². The predicted molar refractivity (Wildman–Crippen MR) is 61.9 cm³/mol. The number of ether oxygens (including phenoxy) is 1. The smallest absolute Gasteiger partial charge is 0.145 e. The first-order chi connectivity index (χ1) is 7.75. The molecule has 1 unspecified atom stereocenters. The molecule has 0 bridgehead atoms. The molecule has 1 saturated heterocycles. The van der Waals surface area contributed by atoms with Gasteiger partial charge in [-0.2, -0.15) is 0 Å². The van der Waals surface area contributed by atoms with Gasteiger partial charge in [-0.3, -0.25) is 0 Å². The summed E-state index contributed by atoms with van der Waals surface area (Å²) in [5.74, 6) is 0.119. The molecule has 1 aliphatic rings. The Morgan fingerprint density at radius 2 is 2.31 bits per heavy atom. The maximum Gasteiger partial charge on any atom is 0.145 e. The molecule has 3 N–H and O–H groups in total. The summed E-state index contributed by atoms with van der Waals surface area (Å²) in [5, 5.41) is 3.36. The lowest BCUT2D eigenvalue weighted by Gasteiger charge is -2.23. The summed E-state index contributed by atoms with van der Waals surface area (Å²) in [6.45, 7) is 1.58. The third-order valence-electron chi connectivity index (χ3n) is 2.83. The molecule has 1 fully saturated rings. The molecule has 1 aromatic carbocycles. The first-order valence-electron chi connectivity index (χ1n) is 5.67. The third kappa shape index (κ3) is 2.85. The van der Waals surface area contributed by atoms with Crippen molar-refractivity contribution >= 4 is 5.69 Å². The van der Waals surface area contributed by atoms with Crippen LogP contribution in [-0.4, -0.2) is 19.2 Å². The molecule has 1 atom stereocenters. The Labute approximate surface area is 94.8 Å². The maximum absolute atomic E-state index is 13.0. The zero-order valence-electron chi connectivity index (χ0n) is 9.21. The van der Waals surface area contributed by atoms with E-state index in [1.807, 2.05) is 0 Å². The topological polar surface area (TPSA) is 47.3 Å². The molecule has 88 valence electrons. The van der Waals surface area contributed by atoms with Crippen LogP contribution in [0.25, 0.3) is 0 Å².